The van der Waals surface area contributed by atoms with Gasteiger partial charge in [0.15, 0.2) is 5.57 Å². The number of rotatable bonds is 2. The van der Waals surface area contributed by atoms with E-state index in [1.54, 1.807) is 6.07 Å². The minimum absolute atomic E-state index is 0.190. The van der Waals surface area contributed by atoms with Crippen LogP contribution >= 0.6 is 0 Å². The number of hydrogen-bond donors (Lipinski definition) is 1. The SMILES string of the molecule is COC(=O)/C(C#N)=C/N1CCNC1=O. The Labute approximate surface area is 80.7 Å². The van der Waals surface area contributed by atoms with Crippen molar-refractivity contribution in [2.45, 2.75) is 0 Å². The van der Waals surface area contributed by atoms with Crippen molar-refractivity contribution in [2.24, 2.45) is 0 Å². The molecule has 74 valence electrons. The van der Waals surface area contributed by atoms with Crippen molar-refractivity contribution < 1.29 is 14.3 Å². The van der Waals surface area contributed by atoms with E-state index < -0.39 is 5.97 Å². The Kier molecular flexibility index (Phi) is 3.07. The first kappa shape index (κ1) is 10.1. The van der Waals surface area contributed by atoms with Gasteiger partial charge in [-0.05, 0) is 0 Å². The van der Waals surface area contributed by atoms with Crippen LogP contribution in [0.1, 0.15) is 0 Å². The normalized spacial score (nSPS) is 16.1. The van der Waals surface area contributed by atoms with Gasteiger partial charge in [0, 0.05) is 19.3 Å². The molecule has 1 saturated heterocycles. The summed E-state index contributed by atoms with van der Waals surface area (Å²) < 4.78 is 4.36. The number of nitrogens with one attached hydrogen (secondary N) is 1. The minimum atomic E-state index is -0.743. The van der Waals surface area contributed by atoms with E-state index in [2.05, 4.69) is 10.1 Å². The van der Waals surface area contributed by atoms with E-state index >= 15 is 0 Å². The second kappa shape index (κ2) is 4.28. The van der Waals surface area contributed by atoms with Gasteiger partial charge in [0.25, 0.3) is 0 Å². The summed E-state index contributed by atoms with van der Waals surface area (Å²) in [7, 11) is 1.18. The van der Waals surface area contributed by atoms with E-state index in [9.17, 15) is 9.59 Å². The molecule has 0 bridgehead atoms. The molecular weight excluding hydrogens is 186 g/mol. The van der Waals surface area contributed by atoms with Crippen LogP contribution in [0.25, 0.3) is 0 Å². The molecule has 1 heterocycles. The van der Waals surface area contributed by atoms with Crippen molar-refractivity contribution in [3.8, 4) is 6.07 Å². The van der Waals surface area contributed by atoms with Gasteiger partial charge in [-0.15, -0.1) is 0 Å². The lowest BCUT2D eigenvalue weighted by Gasteiger charge is -2.07. The molecule has 0 aromatic carbocycles. The maximum atomic E-state index is 11.0. The van der Waals surface area contributed by atoms with Gasteiger partial charge in [-0.3, -0.25) is 4.90 Å². The zero-order chi connectivity index (χ0) is 10.6. The molecule has 1 aliphatic heterocycles. The fourth-order valence-electron chi connectivity index (χ4n) is 1.00. The Balaban J connectivity index is 2.79. The molecule has 1 fully saturated rings. The molecule has 1 rings (SSSR count). The summed E-state index contributed by atoms with van der Waals surface area (Å²) in [5.74, 6) is -0.743. The van der Waals surface area contributed by atoms with Crippen molar-refractivity contribution in [3.05, 3.63) is 11.8 Å². The zero-order valence-corrected chi connectivity index (χ0v) is 7.61. The van der Waals surface area contributed by atoms with Crippen LogP contribution in [0.2, 0.25) is 0 Å². The van der Waals surface area contributed by atoms with Gasteiger partial charge in [0.1, 0.15) is 6.07 Å². The predicted molar refractivity (Wildman–Crippen MR) is 45.8 cm³/mol. The van der Waals surface area contributed by atoms with Crippen molar-refractivity contribution in [1.82, 2.24) is 10.2 Å². The first-order chi connectivity index (χ1) is 6.69. The number of carbonyl (C=O) groups is 2. The highest BCUT2D eigenvalue weighted by molar-refractivity contribution is 5.93. The van der Waals surface area contributed by atoms with E-state index in [1.165, 1.54) is 18.2 Å². The molecule has 1 aliphatic rings. The Bertz CT molecular complexity index is 329. The average Bonchev–Trinajstić information content (AvgIpc) is 2.59. The molecule has 2 amide bonds. The Morgan fingerprint density at radius 1 is 1.79 bits per heavy atom. The van der Waals surface area contributed by atoms with E-state index in [-0.39, 0.29) is 11.6 Å². The number of amides is 2. The third-order valence-electron chi connectivity index (χ3n) is 1.70. The maximum absolute atomic E-state index is 11.0. The summed E-state index contributed by atoms with van der Waals surface area (Å²) in [6.07, 6.45) is 1.19. The van der Waals surface area contributed by atoms with Crippen molar-refractivity contribution in [1.29, 1.82) is 5.26 Å². The minimum Gasteiger partial charge on any atom is -0.465 e. The quantitative estimate of drug-likeness (QED) is 0.369. The number of methoxy groups -OCH3 is 1. The van der Waals surface area contributed by atoms with Crippen molar-refractivity contribution >= 4 is 12.0 Å². The van der Waals surface area contributed by atoms with Crippen molar-refractivity contribution in [2.75, 3.05) is 20.2 Å². The summed E-state index contributed by atoms with van der Waals surface area (Å²) >= 11 is 0. The lowest BCUT2D eigenvalue weighted by molar-refractivity contribution is -0.135. The molecule has 6 nitrogen and oxygen atoms in total. The van der Waals surface area contributed by atoms with Gasteiger partial charge < -0.3 is 10.1 Å². The molecule has 0 aromatic rings. The number of nitrogens with zero attached hydrogens (tertiary/aromatic N) is 2. The maximum Gasteiger partial charge on any atom is 0.350 e. The van der Waals surface area contributed by atoms with Crippen LogP contribution in [0, 0.1) is 11.3 Å². The molecule has 0 spiro atoms. The highest BCUT2D eigenvalue weighted by Crippen LogP contribution is 2.03. The largest absolute Gasteiger partial charge is 0.465 e. The second-order valence-electron chi connectivity index (χ2n) is 2.57. The zero-order valence-electron chi connectivity index (χ0n) is 7.61. The molecule has 1 N–H and O–H groups in total. The standard InChI is InChI=1S/C8H9N3O3/c1-14-7(12)6(4-9)5-11-3-2-10-8(11)13/h5H,2-3H2,1H3,(H,10,13)/b6-5+. The van der Waals surface area contributed by atoms with Gasteiger partial charge in [-0.2, -0.15) is 5.26 Å². The molecule has 0 atom stereocenters. The third-order valence-corrected chi connectivity index (χ3v) is 1.70. The fourth-order valence-corrected chi connectivity index (χ4v) is 1.00. The molecule has 0 radical (unpaired) electrons. The first-order valence-electron chi connectivity index (χ1n) is 3.93. The molecule has 0 unspecified atom stereocenters. The molecule has 0 aliphatic carbocycles. The number of hydrogen-bond acceptors (Lipinski definition) is 4. The summed E-state index contributed by atoms with van der Waals surface area (Å²) in [5.41, 5.74) is -0.190. The van der Waals surface area contributed by atoms with Gasteiger partial charge in [0.05, 0.1) is 7.11 Å². The number of urea groups is 1. The highest BCUT2D eigenvalue weighted by Gasteiger charge is 2.20. The smallest absolute Gasteiger partial charge is 0.350 e. The average molecular weight is 195 g/mol. The topological polar surface area (TPSA) is 82.4 Å². The van der Waals surface area contributed by atoms with Crippen molar-refractivity contribution in [3.63, 3.8) is 0 Å². The summed E-state index contributed by atoms with van der Waals surface area (Å²) in [6, 6.07) is 1.35. The van der Waals surface area contributed by atoms with Crippen LogP contribution in [0.4, 0.5) is 4.79 Å². The summed E-state index contributed by atoms with van der Waals surface area (Å²) in [4.78, 5) is 23.3. The molecule has 6 heteroatoms. The van der Waals surface area contributed by atoms with Crippen LogP contribution < -0.4 is 5.32 Å². The molecule has 0 aromatic heterocycles. The van der Waals surface area contributed by atoms with E-state index in [1.807, 2.05) is 0 Å². The van der Waals surface area contributed by atoms with Gasteiger partial charge >= 0.3 is 12.0 Å². The third kappa shape index (κ3) is 2.01. The van der Waals surface area contributed by atoms with E-state index in [0.717, 1.165) is 0 Å². The Morgan fingerprint density at radius 2 is 2.50 bits per heavy atom. The first-order valence-corrected chi connectivity index (χ1v) is 3.93. The van der Waals surface area contributed by atoms with Gasteiger partial charge in [-0.1, -0.05) is 0 Å². The van der Waals surface area contributed by atoms with Gasteiger partial charge in [0.2, 0.25) is 0 Å². The van der Waals surface area contributed by atoms with E-state index in [4.69, 9.17) is 5.26 Å². The van der Waals surface area contributed by atoms with E-state index in [0.29, 0.717) is 13.1 Å². The lowest BCUT2D eigenvalue weighted by Crippen LogP contribution is -2.24. The fraction of sp³-hybridized carbons (Fsp3) is 0.375. The molecular formula is C8H9N3O3. The lowest BCUT2D eigenvalue weighted by atomic mass is 10.3. The highest BCUT2D eigenvalue weighted by atomic mass is 16.5. The van der Waals surface area contributed by atoms with Crippen LogP contribution in [-0.2, 0) is 9.53 Å². The Morgan fingerprint density at radius 3 is 2.93 bits per heavy atom. The number of ether oxygens (including phenoxy) is 1. The predicted octanol–water partition coefficient (Wildman–Crippen LogP) is -0.408. The summed E-state index contributed by atoms with van der Waals surface area (Å²) in [5, 5.41) is 11.1. The van der Waals surface area contributed by atoms with Crippen LogP contribution in [0.5, 0.6) is 0 Å². The number of carbonyl (C=O) groups excluding carboxylic acids is 2. The Hall–Kier alpha value is -2.03. The van der Waals surface area contributed by atoms with Crippen LogP contribution in [-0.4, -0.2) is 37.1 Å². The molecule has 14 heavy (non-hydrogen) atoms. The summed E-state index contributed by atoms with van der Waals surface area (Å²) in [6.45, 7) is 0.955. The van der Waals surface area contributed by atoms with Crippen LogP contribution in [0.15, 0.2) is 11.8 Å². The number of esters is 1. The number of nitriles is 1. The van der Waals surface area contributed by atoms with Gasteiger partial charge in [-0.25, -0.2) is 9.59 Å². The van der Waals surface area contributed by atoms with Crippen LogP contribution in [0.3, 0.4) is 0 Å². The monoisotopic (exact) mass is 195 g/mol. The molecule has 0 saturated carbocycles. The second-order valence-corrected chi connectivity index (χ2v) is 2.57.